The zero-order chi connectivity index (χ0) is 8.97. The Morgan fingerprint density at radius 2 is 2.08 bits per heavy atom. The van der Waals surface area contributed by atoms with Crippen molar-refractivity contribution in [2.75, 3.05) is 5.32 Å². The molecule has 4 heteroatoms. The molecule has 1 aromatic carbocycles. The molecule has 0 atom stereocenters. The van der Waals surface area contributed by atoms with Crippen LogP contribution in [0.5, 0.6) is 5.75 Å². The predicted octanol–water partition coefficient (Wildman–Crippen LogP) is 0.530. The van der Waals surface area contributed by atoms with Gasteiger partial charge in [-0.2, -0.15) is 0 Å². The van der Waals surface area contributed by atoms with Crippen LogP contribution >= 0.6 is 0 Å². The summed E-state index contributed by atoms with van der Waals surface area (Å²) in [6.45, 7) is 0. The maximum absolute atomic E-state index is 10.5. The molecule has 0 saturated heterocycles. The van der Waals surface area contributed by atoms with Gasteiger partial charge < -0.3 is 10.4 Å². The maximum atomic E-state index is 10.5. The van der Waals surface area contributed by atoms with E-state index in [0.29, 0.717) is 0 Å². The molecule has 1 aromatic rings. The van der Waals surface area contributed by atoms with Crippen molar-refractivity contribution in [3.05, 3.63) is 24.3 Å². The molecule has 0 heterocycles. The monoisotopic (exact) mass is 165 g/mol. The molecule has 0 saturated carbocycles. The van der Waals surface area contributed by atoms with Crippen LogP contribution in [0.2, 0.25) is 0 Å². The topological polar surface area (TPSA) is 66.4 Å². The third kappa shape index (κ3) is 1.82. The van der Waals surface area contributed by atoms with E-state index in [2.05, 4.69) is 5.32 Å². The Morgan fingerprint density at radius 1 is 1.42 bits per heavy atom. The van der Waals surface area contributed by atoms with E-state index in [-0.39, 0.29) is 17.7 Å². The summed E-state index contributed by atoms with van der Waals surface area (Å²) in [6.07, 6.45) is 0.145. The zero-order valence-electron chi connectivity index (χ0n) is 6.15. The fourth-order valence-electron chi connectivity index (χ4n) is 0.742. The number of phenolic OH excluding ortho intramolecular Hbond substituents is 1. The van der Waals surface area contributed by atoms with Crippen molar-refractivity contribution in [1.82, 2.24) is 0 Å². The Labute approximate surface area is 68.8 Å². The molecule has 0 unspecified atom stereocenters. The van der Waals surface area contributed by atoms with Gasteiger partial charge in [-0.25, -0.2) is 0 Å². The lowest BCUT2D eigenvalue weighted by Gasteiger charge is -2.01. The number of para-hydroxylation sites is 2. The minimum Gasteiger partial charge on any atom is -0.506 e. The molecule has 0 aliphatic heterocycles. The molecule has 0 radical (unpaired) electrons. The Bertz CT molecular complexity index is 309. The summed E-state index contributed by atoms with van der Waals surface area (Å²) in [5.74, 6) is -0.843. The number of aromatic hydroxyl groups is 1. The zero-order valence-corrected chi connectivity index (χ0v) is 6.15. The van der Waals surface area contributed by atoms with Crippen molar-refractivity contribution in [3.63, 3.8) is 0 Å². The van der Waals surface area contributed by atoms with Crippen molar-refractivity contribution in [3.8, 4) is 5.75 Å². The molecule has 1 rings (SSSR count). The first-order valence-corrected chi connectivity index (χ1v) is 3.28. The SMILES string of the molecule is O=CC(=O)Nc1ccccc1O. The van der Waals surface area contributed by atoms with E-state index in [0.717, 1.165) is 0 Å². The van der Waals surface area contributed by atoms with Crippen LogP contribution in [0, 0.1) is 0 Å². The Hall–Kier alpha value is -1.84. The molecule has 12 heavy (non-hydrogen) atoms. The number of carbonyl (C=O) groups is 2. The number of hydrogen-bond donors (Lipinski definition) is 2. The summed E-state index contributed by atoms with van der Waals surface area (Å²) in [5, 5.41) is 11.3. The Morgan fingerprint density at radius 3 is 2.67 bits per heavy atom. The lowest BCUT2D eigenvalue weighted by Crippen LogP contribution is -2.11. The highest BCUT2D eigenvalue weighted by Gasteiger charge is 2.02. The van der Waals surface area contributed by atoms with E-state index in [1.165, 1.54) is 12.1 Å². The molecule has 1 amide bonds. The van der Waals surface area contributed by atoms with E-state index in [4.69, 9.17) is 5.11 Å². The minimum atomic E-state index is -0.781. The highest BCUT2D eigenvalue weighted by Crippen LogP contribution is 2.20. The van der Waals surface area contributed by atoms with Crippen LogP contribution in [-0.2, 0) is 9.59 Å². The van der Waals surface area contributed by atoms with Crippen LogP contribution in [0.15, 0.2) is 24.3 Å². The van der Waals surface area contributed by atoms with Crippen LogP contribution in [0.3, 0.4) is 0 Å². The average molecular weight is 165 g/mol. The molecule has 0 aliphatic carbocycles. The highest BCUT2D eigenvalue weighted by atomic mass is 16.3. The number of aldehydes is 1. The molecule has 0 aliphatic rings. The minimum absolute atomic E-state index is 0.0623. The first kappa shape index (κ1) is 8.26. The van der Waals surface area contributed by atoms with Gasteiger partial charge in [-0.05, 0) is 12.1 Å². The predicted molar refractivity (Wildman–Crippen MR) is 42.8 cm³/mol. The highest BCUT2D eigenvalue weighted by molar-refractivity contribution is 6.29. The summed E-state index contributed by atoms with van der Waals surface area (Å²) in [4.78, 5) is 20.5. The Balaban J connectivity index is 2.82. The van der Waals surface area contributed by atoms with Gasteiger partial charge in [0, 0.05) is 0 Å². The van der Waals surface area contributed by atoms with Gasteiger partial charge in [-0.3, -0.25) is 9.59 Å². The van der Waals surface area contributed by atoms with Gasteiger partial charge in [0.2, 0.25) is 6.29 Å². The van der Waals surface area contributed by atoms with E-state index >= 15 is 0 Å². The van der Waals surface area contributed by atoms with E-state index in [1.807, 2.05) is 0 Å². The van der Waals surface area contributed by atoms with Gasteiger partial charge in [0.25, 0.3) is 5.91 Å². The number of amides is 1. The largest absolute Gasteiger partial charge is 0.506 e. The van der Waals surface area contributed by atoms with Crippen LogP contribution in [-0.4, -0.2) is 17.3 Å². The van der Waals surface area contributed by atoms with Crippen LogP contribution in [0.25, 0.3) is 0 Å². The number of hydrogen-bond acceptors (Lipinski definition) is 3. The van der Waals surface area contributed by atoms with Gasteiger partial charge in [0.15, 0.2) is 0 Å². The second kappa shape index (κ2) is 3.52. The van der Waals surface area contributed by atoms with Crippen molar-refractivity contribution >= 4 is 17.9 Å². The summed E-state index contributed by atoms with van der Waals surface area (Å²) in [6, 6.07) is 6.17. The third-order valence-corrected chi connectivity index (χ3v) is 1.27. The molecule has 62 valence electrons. The molecular formula is C8H7NO3. The van der Waals surface area contributed by atoms with Crippen LogP contribution in [0.1, 0.15) is 0 Å². The quantitative estimate of drug-likeness (QED) is 0.381. The first-order chi connectivity index (χ1) is 5.74. The normalized spacial score (nSPS) is 9.00. The lowest BCUT2D eigenvalue weighted by atomic mass is 10.3. The molecule has 4 nitrogen and oxygen atoms in total. The first-order valence-electron chi connectivity index (χ1n) is 3.28. The van der Waals surface area contributed by atoms with Crippen molar-refractivity contribution in [1.29, 1.82) is 0 Å². The fourth-order valence-corrected chi connectivity index (χ4v) is 0.742. The fraction of sp³-hybridized carbons (Fsp3) is 0. The Kier molecular flexibility index (Phi) is 2.42. The lowest BCUT2D eigenvalue weighted by molar-refractivity contribution is -0.127. The smallest absolute Gasteiger partial charge is 0.288 e. The molecular weight excluding hydrogens is 158 g/mol. The number of carbonyl (C=O) groups excluding carboxylic acids is 2. The number of nitrogens with one attached hydrogen (secondary N) is 1. The summed E-state index contributed by atoms with van der Waals surface area (Å²) in [7, 11) is 0. The summed E-state index contributed by atoms with van der Waals surface area (Å²) in [5.41, 5.74) is 0.231. The average Bonchev–Trinajstić information content (AvgIpc) is 2.09. The molecule has 2 N–H and O–H groups in total. The van der Waals surface area contributed by atoms with Crippen molar-refractivity contribution in [2.45, 2.75) is 0 Å². The molecule has 0 spiro atoms. The summed E-state index contributed by atoms with van der Waals surface area (Å²) >= 11 is 0. The van der Waals surface area contributed by atoms with E-state index < -0.39 is 5.91 Å². The van der Waals surface area contributed by atoms with Crippen molar-refractivity contribution < 1.29 is 14.7 Å². The number of benzene rings is 1. The van der Waals surface area contributed by atoms with E-state index in [1.54, 1.807) is 12.1 Å². The van der Waals surface area contributed by atoms with Gasteiger partial charge in [0.05, 0.1) is 5.69 Å². The second-order valence-electron chi connectivity index (χ2n) is 2.12. The number of anilines is 1. The summed E-state index contributed by atoms with van der Waals surface area (Å²) < 4.78 is 0. The maximum Gasteiger partial charge on any atom is 0.288 e. The number of phenols is 1. The van der Waals surface area contributed by atoms with Crippen LogP contribution in [0.4, 0.5) is 5.69 Å². The third-order valence-electron chi connectivity index (χ3n) is 1.27. The van der Waals surface area contributed by atoms with Gasteiger partial charge >= 0.3 is 0 Å². The van der Waals surface area contributed by atoms with Gasteiger partial charge in [-0.15, -0.1) is 0 Å². The number of rotatable bonds is 2. The van der Waals surface area contributed by atoms with Crippen LogP contribution < -0.4 is 5.32 Å². The van der Waals surface area contributed by atoms with E-state index in [9.17, 15) is 9.59 Å². The standard InChI is InChI=1S/C8H7NO3/c10-5-8(12)9-6-3-1-2-4-7(6)11/h1-5,11H,(H,9,12). The molecule has 0 bridgehead atoms. The molecule has 0 fully saturated rings. The van der Waals surface area contributed by atoms with Gasteiger partial charge in [-0.1, -0.05) is 12.1 Å². The van der Waals surface area contributed by atoms with Gasteiger partial charge in [0.1, 0.15) is 5.75 Å². The van der Waals surface area contributed by atoms with Crippen molar-refractivity contribution in [2.24, 2.45) is 0 Å². The molecule has 0 aromatic heterocycles. The second-order valence-corrected chi connectivity index (χ2v) is 2.12.